The summed E-state index contributed by atoms with van der Waals surface area (Å²) < 4.78 is 22.4. The fraction of sp³-hybridized carbons (Fsp3) is 0.200. The van der Waals surface area contributed by atoms with Gasteiger partial charge in [-0.05, 0) is 24.3 Å². The van der Waals surface area contributed by atoms with Gasteiger partial charge in [0.15, 0.2) is 0 Å². The van der Waals surface area contributed by atoms with Gasteiger partial charge in [-0.25, -0.2) is 13.9 Å². The number of rotatable bonds is 3. The van der Waals surface area contributed by atoms with Crippen LogP contribution in [0.3, 0.4) is 0 Å². The molecule has 1 atom stereocenters. The summed E-state index contributed by atoms with van der Waals surface area (Å²) in [7, 11) is 1.77. The van der Waals surface area contributed by atoms with E-state index < -0.39 is 17.8 Å². The highest BCUT2D eigenvalue weighted by Crippen LogP contribution is 2.34. The van der Waals surface area contributed by atoms with Gasteiger partial charge in [0.1, 0.15) is 17.6 Å². The smallest absolute Gasteiger partial charge is 0.312 e. The molecule has 160 valence electrons. The molecule has 0 saturated carbocycles. The van der Waals surface area contributed by atoms with E-state index in [2.05, 4.69) is 30.4 Å². The number of carbonyl (C=O) groups excluding carboxylic acids is 1. The molecule has 0 bridgehead atoms. The summed E-state index contributed by atoms with van der Waals surface area (Å²) in [5.41, 5.74) is 3.33. The van der Waals surface area contributed by atoms with Gasteiger partial charge in [0, 0.05) is 31.9 Å². The van der Waals surface area contributed by atoms with Crippen molar-refractivity contribution in [1.29, 1.82) is 0 Å². The number of aromatic nitrogens is 8. The van der Waals surface area contributed by atoms with E-state index in [-0.39, 0.29) is 11.8 Å². The molecule has 0 spiro atoms. The monoisotopic (exact) mass is 433 g/mol. The highest BCUT2D eigenvalue weighted by Gasteiger charge is 2.38. The Balaban J connectivity index is 1.40. The van der Waals surface area contributed by atoms with E-state index in [1.165, 1.54) is 16.8 Å². The fourth-order valence-corrected chi connectivity index (χ4v) is 3.98. The molecule has 12 heteroatoms. The molecule has 1 aliphatic rings. The number of aryl methyl sites for hydroxylation is 1. The zero-order valence-corrected chi connectivity index (χ0v) is 16.8. The molecule has 0 radical (unpaired) electrons. The van der Waals surface area contributed by atoms with Gasteiger partial charge >= 0.3 is 11.8 Å². The van der Waals surface area contributed by atoms with Crippen molar-refractivity contribution in [2.75, 3.05) is 6.54 Å². The lowest BCUT2D eigenvalue weighted by atomic mass is 9.99. The molecule has 0 fully saturated rings. The van der Waals surface area contributed by atoms with Crippen LogP contribution in [-0.4, -0.2) is 56.9 Å². The Morgan fingerprint density at radius 1 is 1.25 bits per heavy atom. The van der Waals surface area contributed by atoms with Crippen LogP contribution in [0.4, 0.5) is 4.39 Å². The Hall–Kier alpha value is -4.35. The van der Waals surface area contributed by atoms with Crippen molar-refractivity contribution in [1.82, 2.24) is 44.5 Å². The molecular formula is C20H16FN9O2. The van der Waals surface area contributed by atoms with Gasteiger partial charge in [0.2, 0.25) is 0 Å². The summed E-state index contributed by atoms with van der Waals surface area (Å²) in [6.07, 6.45) is 5.21. The SMILES string of the molecule is Cn1ccc(-c2nnc(C(=O)N3CCc4[nH]cnc4C3c3cc4ccc(F)cn4n3)o2)n1. The van der Waals surface area contributed by atoms with Crippen LogP contribution < -0.4 is 0 Å². The Bertz CT molecular complexity index is 1460. The maximum atomic E-state index is 13.7. The number of imidazole rings is 1. The van der Waals surface area contributed by atoms with Gasteiger partial charge in [-0.15, -0.1) is 10.2 Å². The highest BCUT2D eigenvalue weighted by molar-refractivity contribution is 5.90. The Morgan fingerprint density at radius 3 is 3.00 bits per heavy atom. The number of aromatic amines is 1. The third-order valence-electron chi connectivity index (χ3n) is 5.45. The fourth-order valence-electron chi connectivity index (χ4n) is 3.98. The predicted molar refractivity (Wildman–Crippen MR) is 107 cm³/mol. The number of carbonyl (C=O) groups is 1. The lowest BCUT2D eigenvalue weighted by molar-refractivity contribution is 0.0646. The summed E-state index contributed by atoms with van der Waals surface area (Å²) in [6, 6.07) is 5.93. The normalized spacial score (nSPS) is 15.9. The molecule has 32 heavy (non-hydrogen) atoms. The molecule has 1 unspecified atom stereocenters. The number of H-pyrrole nitrogens is 1. The summed E-state index contributed by atoms with van der Waals surface area (Å²) >= 11 is 0. The van der Waals surface area contributed by atoms with Crippen LogP contribution in [0.1, 0.15) is 33.8 Å². The van der Waals surface area contributed by atoms with E-state index in [1.54, 1.807) is 47.4 Å². The van der Waals surface area contributed by atoms with Crippen LogP contribution in [0, 0.1) is 5.82 Å². The lowest BCUT2D eigenvalue weighted by Crippen LogP contribution is -2.41. The molecule has 11 nitrogen and oxygen atoms in total. The molecule has 5 aromatic heterocycles. The molecule has 1 amide bonds. The molecule has 5 aromatic rings. The van der Waals surface area contributed by atoms with Crippen molar-refractivity contribution in [2.24, 2.45) is 7.05 Å². The van der Waals surface area contributed by atoms with Crippen LogP contribution in [0.5, 0.6) is 0 Å². The van der Waals surface area contributed by atoms with Crippen LogP contribution in [0.2, 0.25) is 0 Å². The molecular weight excluding hydrogens is 417 g/mol. The first-order valence-corrected chi connectivity index (χ1v) is 9.88. The largest absolute Gasteiger partial charge is 0.411 e. The third-order valence-corrected chi connectivity index (χ3v) is 5.45. The zero-order valence-electron chi connectivity index (χ0n) is 16.8. The first-order chi connectivity index (χ1) is 15.6. The first-order valence-electron chi connectivity index (χ1n) is 9.88. The predicted octanol–water partition coefficient (Wildman–Crippen LogP) is 1.77. The van der Waals surface area contributed by atoms with E-state index in [1.807, 2.05) is 0 Å². The van der Waals surface area contributed by atoms with Crippen LogP contribution in [0.25, 0.3) is 17.1 Å². The second kappa shape index (κ2) is 6.83. The van der Waals surface area contributed by atoms with Gasteiger partial charge in [-0.1, -0.05) is 0 Å². The van der Waals surface area contributed by atoms with Crippen molar-refractivity contribution in [3.05, 3.63) is 71.8 Å². The van der Waals surface area contributed by atoms with E-state index >= 15 is 0 Å². The number of halogens is 1. The van der Waals surface area contributed by atoms with Crippen LogP contribution in [-0.2, 0) is 13.5 Å². The van der Waals surface area contributed by atoms with Crippen LogP contribution in [0.15, 0.2) is 47.4 Å². The Kier molecular flexibility index (Phi) is 3.93. The van der Waals surface area contributed by atoms with Gasteiger partial charge in [-0.3, -0.25) is 9.48 Å². The van der Waals surface area contributed by atoms with Crippen molar-refractivity contribution in [3.63, 3.8) is 0 Å². The van der Waals surface area contributed by atoms with Crippen molar-refractivity contribution < 1.29 is 13.6 Å². The topological polar surface area (TPSA) is 123 Å². The quantitative estimate of drug-likeness (QED) is 0.460. The van der Waals surface area contributed by atoms with Crippen LogP contribution >= 0.6 is 0 Å². The maximum Gasteiger partial charge on any atom is 0.312 e. The molecule has 1 aliphatic heterocycles. The van der Waals surface area contributed by atoms with Gasteiger partial charge in [0.05, 0.1) is 29.4 Å². The second-order valence-corrected chi connectivity index (χ2v) is 7.49. The summed E-state index contributed by atoms with van der Waals surface area (Å²) in [5, 5.41) is 16.6. The molecule has 1 N–H and O–H groups in total. The molecule has 0 saturated heterocycles. The van der Waals surface area contributed by atoms with E-state index in [9.17, 15) is 9.18 Å². The minimum Gasteiger partial charge on any atom is -0.411 e. The van der Waals surface area contributed by atoms with E-state index in [0.717, 1.165) is 5.69 Å². The highest BCUT2D eigenvalue weighted by atomic mass is 19.1. The first kappa shape index (κ1) is 18.4. The molecule has 0 aromatic carbocycles. The summed E-state index contributed by atoms with van der Waals surface area (Å²) in [5.74, 6) is -0.839. The molecule has 0 aliphatic carbocycles. The number of nitrogens with one attached hydrogen (secondary N) is 1. The third kappa shape index (κ3) is 2.87. The van der Waals surface area contributed by atoms with E-state index in [0.29, 0.717) is 35.6 Å². The average molecular weight is 433 g/mol. The van der Waals surface area contributed by atoms with Gasteiger partial charge < -0.3 is 14.3 Å². The minimum atomic E-state index is -0.592. The summed E-state index contributed by atoms with van der Waals surface area (Å²) in [4.78, 5) is 22.6. The minimum absolute atomic E-state index is 0.149. The van der Waals surface area contributed by atoms with Crippen molar-refractivity contribution >= 4 is 11.4 Å². The van der Waals surface area contributed by atoms with E-state index in [4.69, 9.17) is 4.42 Å². The maximum absolute atomic E-state index is 13.7. The second-order valence-electron chi connectivity index (χ2n) is 7.49. The summed E-state index contributed by atoms with van der Waals surface area (Å²) in [6.45, 7) is 0.391. The average Bonchev–Trinajstić information content (AvgIpc) is 3.57. The van der Waals surface area contributed by atoms with Gasteiger partial charge in [0.25, 0.3) is 5.89 Å². The lowest BCUT2D eigenvalue weighted by Gasteiger charge is -2.32. The molecule has 6 rings (SSSR count). The number of nitrogens with zero attached hydrogens (tertiary/aromatic N) is 8. The number of amides is 1. The number of pyridine rings is 1. The zero-order chi connectivity index (χ0) is 21.8. The number of fused-ring (bicyclic) bond motifs is 2. The Morgan fingerprint density at radius 2 is 2.16 bits per heavy atom. The van der Waals surface area contributed by atoms with Gasteiger partial charge in [-0.2, -0.15) is 10.2 Å². The van der Waals surface area contributed by atoms with Crippen molar-refractivity contribution in [3.8, 4) is 11.6 Å². The number of hydrogen-bond acceptors (Lipinski definition) is 7. The molecule has 6 heterocycles. The standard InChI is InChI=1S/C20H16FN9O2/c1-28-6-4-14(26-28)18-24-25-19(32-18)20(31)29-7-5-13-16(23-10-22-13)17(29)15-8-12-3-2-11(21)9-30(12)27-15/h2-4,6,8-10,17H,5,7H2,1H3,(H,22,23). The van der Waals surface area contributed by atoms with Crippen molar-refractivity contribution in [2.45, 2.75) is 12.5 Å². The Labute approximate surface area is 179 Å². The number of hydrogen-bond donors (Lipinski definition) is 1.